The Hall–Kier alpha value is -1.15. The van der Waals surface area contributed by atoms with E-state index in [0.717, 1.165) is 5.56 Å². The molecule has 0 aliphatic carbocycles. The molecule has 2 N–H and O–H groups in total. The third kappa shape index (κ3) is 1.71. The average molecular weight is 165 g/mol. The third-order valence-electron chi connectivity index (χ3n) is 1.77. The average Bonchev–Trinajstić information content (AvgIpc) is 2.03. The zero-order valence-electron chi connectivity index (χ0n) is 7.05. The van der Waals surface area contributed by atoms with E-state index in [9.17, 15) is 4.39 Å². The Morgan fingerprint density at radius 2 is 2.25 bits per heavy atom. The van der Waals surface area contributed by atoms with E-state index in [4.69, 9.17) is 5.73 Å². The molecule has 0 radical (unpaired) electrons. The van der Waals surface area contributed by atoms with Crippen LogP contribution in [0.15, 0.2) is 30.9 Å². The first kappa shape index (κ1) is 8.94. The lowest BCUT2D eigenvalue weighted by molar-refractivity contribution is 0.601. The maximum atomic E-state index is 13.2. The zero-order valence-corrected chi connectivity index (χ0v) is 7.05. The van der Waals surface area contributed by atoms with Crippen LogP contribution in [-0.2, 0) is 0 Å². The summed E-state index contributed by atoms with van der Waals surface area (Å²) in [5, 5.41) is 0. The molecule has 0 fully saturated rings. The standard InChI is InChI=1S/C10H12FN/c1-3-10(12)8-5-4-7(2)6-9(8)11/h3-6,10H,1,12H2,2H3. The van der Waals surface area contributed by atoms with E-state index in [1.54, 1.807) is 6.07 Å². The summed E-state index contributed by atoms with van der Waals surface area (Å²) in [5.74, 6) is -0.262. The van der Waals surface area contributed by atoms with Gasteiger partial charge in [-0.25, -0.2) is 4.39 Å². The van der Waals surface area contributed by atoms with Gasteiger partial charge in [-0.2, -0.15) is 0 Å². The molecule has 0 aromatic heterocycles. The monoisotopic (exact) mass is 165 g/mol. The highest BCUT2D eigenvalue weighted by molar-refractivity contribution is 5.27. The second-order valence-electron chi connectivity index (χ2n) is 2.79. The highest BCUT2D eigenvalue weighted by Crippen LogP contribution is 2.16. The highest BCUT2D eigenvalue weighted by atomic mass is 19.1. The molecule has 1 aromatic rings. The van der Waals surface area contributed by atoms with Crippen molar-refractivity contribution in [3.05, 3.63) is 47.8 Å². The van der Waals surface area contributed by atoms with Gasteiger partial charge in [0.1, 0.15) is 5.82 Å². The van der Waals surface area contributed by atoms with Crippen LogP contribution in [0.2, 0.25) is 0 Å². The van der Waals surface area contributed by atoms with E-state index < -0.39 is 6.04 Å². The number of rotatable bonds is 2. The summed E-state index contributed by atoms with van der Waals surface area (Å²) >= 11 is 0. The van der Waals surface area contributed by atoms with E-state index in [0.29, 0.717) is 5.56 Å². The van der Waals surface area contributed by atoms with Crippen LogP contribution in [0, 0.1) is 12.7 Å². The molecule has 2 heteroatoms. The minimum absolute atomic E-state index is 0.262. The van der Waals surface area contributed by atoms with E-state index in [-0.39, 0.29) is 5.82 Å². The summed E-state index contributed by atoms with van der Waals surface area (Å²) in [4.78, 5) is 0. The Balaban J connectivity index is 3.09. The number of aryl methyl sites for hydroxylation is 1. The molecule has 0 spiro atoms. The number of halogens is 1. The van der Waals surface area contributed by atoms with Crippen molar-refractivity contribution in [3.8, 4) is 0 Å². The van der Waals surface area contributed by atoms with Crippen LogP contribution >= 0.6 is 0 Å². The maximum absolute atomic E-state index is 13.2. The van der Waals surface area contributed by atoms with Gasteiger partial charge in [-0.05, 0) is 18.6 Å². The number of nitrogens with two attached hydrogens (primary N) is 1. The van der Waals surface area contributed by atoms with Gasteiger partial charge in [-0.15, -0.1) is 6.58 Å². The van der Waals surface area contributed by atoms with Gasteiger partial charge >= 0.3 is 0 Å². The van der Waals surface area contributed by atoms with Crippen molar-refractivity contribution in [2.24, 2.45) is 5.73 Å². The van der Waals surface area contributed by atoms with E-state index in [1.807, 2.05) is 13.0 Å². The van der Waals surface area contributed by atoms with Gasteiger partial charge in [0, 0.05) is 5.56 Å². The number of benzene rings is 1. The quantitative estimate of drug-likeness (QED) is 0.669. The summed E-state index contributed by atoms with van der Waals surface area (Å²) in [6.07, 6.45) is 1.52. The van der Waals surface area contributed by atoms with Gasteiger partial charge in [-0.3, -0.25) is 0 Å². The van der Waals surface area contributed by atoms with E-state index >= 15 is 0 Å². The molecular formula is C10H12FN. The van der Waals surface area contributed by atoms with Crippen LogP contribution in [0.5, 0.6) is 0 Å². The molecule has 0 heterocycles. The van der Waals surface area contributed by atoms with Crippen molar-refractivity contribution < 1.29 is 4.39 Å². The van der Waals surface area contributed by atoms with Crippen molar-refractivity contribution in [1.29, 1.82) is 0 Å². The van der Waals surface area contributed by atoms with Crippen LogP contribution < -0.4 is 5.73 Å². The van der Waals surface area contributed by atoms with Crippen molar-refractivity contribution in [2.45, 2.75) is 13.0 Å². The van der Waals surface area contributed by atoms with Crippen LogP contribution in [0.1, 0.15) is 17.2 Å². The SMILES string of the molecule is C=CC(N)c1ccc(C)cc1F. The largest absolute Gasteiger partial charge is 0.321 e. The minimum Gasteiger partial charge on any atom is -0.321 e. The number of hydrogen-bond donors (Lipinski definition) is 1. The van der Waals surface area contributed by atoms with Crippen molar-refractivity contribution >= 4 is 0 Å². The second-order valence-corrected chi connectivity index (χ2v) is 2.79. The smallest absolute Gasteiger partial charge is 0.128 e. The van der Waals surface area contributed by atoms with Crippen LogP contribution in [0.3, 0.4) is 0 Å². The third-order valence-corrected chi connectivity index (χ3v) is 1.77. The first-order valence-corrected chi connectivity index (χ1v) is 3.79. The first-order valence-electron chi connectivity index (χ1n) is 3.79. The fraction of sp³-hybridized carbons (Fsp3) is 0.200. The molecule has 0 aliphatic rings. The predicted molar refractivity (Wildman–Crippen MR) is 48.3 cm³/mol. The summed E-state index contributed by atoms with van der Waals surface area (Å²) in [6, 6.07) is 4.59. The first-order chi connectivity index (χ1) is 5.65. The van der Waals surface area contributed by atoms with Crippen molar-refractivity contribution in [2.75, 3.05) is 0 Å². The molecule has 1 unspecified atom stereocenters. The summed E-state index contributed by atoms with van der Waals surface area (Å²) in [5.41, 5.74) is 6.98. The van der Waals surface area contributed by atoms with Gasteiger partial charge in [0.05, 0.1) is 6.04 Å². The second kappa shape index (κ2) is 3.50. The summed E-state index contributed by atoms with van der Waals surface area (Å²) in [6.45, 7) is 5.35. The highest BCUT2D eigenvalue weighted by Gasteiger charge is 2.06. The van der Waals surface area contributed by atoms with Crippen LogP contribution in [0.4, 0.5) is 4.39 Å². The molecule has 0 saturated heterocycles. The lowest BCUT2D eigenvalue weighted by Gasteiger charge is -2.07. The Kier molecular flexibility index (Phi) is 2.61. The van der Waals surface area contributed by atoms with E-state index in [2.05, 4.69) is 6.58 Å². The van der Waals surface area contributed by atoms with E-state index in [1.165, 1.54) is 12.1 Å². The number of hydrogen-bond acceptors (Lipinski definition) is 1. The Labute approximate surface area is 71.7 Å². The van der Waals surface area contributed by atoms with Gasteiger partial charge in [0.15, 0.2) is 0 Å². The van der Waals surface area contributed by atoms with Gasteiger partial charge in [0.25, 0.3) is 0 Å². The normalized spacial score (nSPS) is 12.6. The lowest BCUT2D eigenvalue weighted by atomic mass is 10.1. The fourth-order valence-electron chi connectivity index (χ4n) is 1.03. The zero-order chi connectivity index (χ0) is 9.14. The molecule has 1 rings (SSSR count). The van der Waals surface area contributed by atoms with Crippen LogP contribution in [-0.4, -0.2) is 0 Å². The molecule has 64 valence electrons. The maximum Gasteiger partial charge on any atom is 0.128 e. The lowest BCUT2D eigenvalue weighted by Crippen LogP contribution is -2.08. The Morgan fingerprint density at radius 3 is 2.75 bits per heavy atom. The van der Waals surface area contributed by atoms with Gasteiger partial charge in [-0.1, -0.05) is 18.2 Å². The summed E-state index contributed by atoms with van der Waals surface area (Å²) in [7, 11) is 0. The van der Waals surface area contributed by atoms with Crippen molar-refractivity contribution in [3.63, 3.8) is 0 Å². The minimum atomic E-state index is -0.411. The van der Waals surface area contributed by atoms with Gasteiger partial charge < -0.3 is 5.73 Å². The molecule has 1 aromatic carbocycles. The fourth-order valence-corrected chi connectivity index (χ4v) is 1.03. The molecule has 0 amide bonds. The predicted octanol–water partition coefficient (Wildman–Crippen LogP) is 2.32. The van der Waals surface area contributed by atoms with Crippen LogP contribution in [0.25, 0.3) is 0 Å². The molecule has 0 aliphatic heterocycles. The van der Waals surface area contributed by atoms with Crippen molar-refractivity contribution in [1.82, 2.24) is 0 Å². The molecule has 0 saturated carbocycles. The molecule has 1 nitrogen and oxygen atoms in total. The summed E-state index contributed by atoms with van der Waals surface area (Å²) < 4.78 is 13.2. The molecule has 1 atom stereocenters. The Bertz CT molecular complexity index is 294. The topological polar surface area (TPSA) is 26.0 Å². The Morgan fingerprint density at radius 1 is 1.58 bits per heavy atom. The molecule has 12 heavy (non-hydrogen) atoms. The molecule has 0 bridgehead atoms. The van der Waals surface area contributed by atoms with Gasteiger partial charge in [0.2, 0.25) is 0 Å². The molecular weight excluding hydrogens is 153 g/mol.